The number of amides is 1. The van der Waals surface area contributed by atoms with Gasteiger partial charge in [0, 0.05) is 6.54 Å². The highest BCUT2D eigenvalue weighted by Crippen LogP contribution is 2.28. The SMILES string of the molecule is C[C@H](O)CNC(=O)CSc1nc2ccccc2s1. The van der Waals surface area contributed by atoms with Gasteiger partial charge in [-0.2, -0.15) is 0 Å². The van der Waals surface area contributed by atoms with E-state index in [-0.39, 0.29) is 5.91 Å². The molecule has 1 aromatic heterocycles. The number of carbonyl (C=O) groups excluding carboxylic acids is 1. The van der Waals surface area contributed by atoms with Gasteiger partial charge in [0.1, 0.15) is 0 Å². The summed E-state index contributed by atoms with van der Waals surface area (Å²) >= 11 is 3.01. The van der Waals surface area contributed by atoms with Crippen LogP contribution < -0.4 is 5.32 Å². The molecule has 0 aliphatic heterocycles. The fraction of sp³-hybridized carbons (Fsp3) is 0.333. The molecule has 2 rings (SSSR count). The molecule has 0 saturated heterocycles. The molecular weight excluding hydrogens is 268 g/mol. The Balaban J connectivity index is 1.88. The first-order valence-corrected chi connectivity index (χ1v) is 7.38. The second-order valence-corrected chi connectivity index (χ2v) is 6.14. The van der Waals surface area contributed by atoms with Crippen LogP contribution in [0.2, 0.25) is 0 Å². The van der Waals surface area contributed by atoms with Gasteiger partial charge in [-0.3, -0.25) is 4.79 Å². The van der Waals surface area contributed by atoms with Crippen LogP contribution in [0.15, 0.2) is 28.6 Å². The van der Waals surface area contributed by atoms with Crippen molar-refractivity contribution in [2.45, 2.75) is 17.4 Å². The van der Waals surface area contributed by atoms with Crippen molar-refractivity contribution in [3.8, 4) is 0 Å². The third-order valence-electron chi connectivity index (χ3n) is 2.20. The number of thiazole rings is 1. The molecule has 1 atom stereocenters. The van der Waals surface area contributed by atoms with E-state index in [4.69, 9.17) is 5.11 Å². The maximum Gasteiger partial charge on any atom is 0.230 e. The lowest BCUT2D eigenvalue weighted by Gasteiger charge is -2.05. The molecule has 0 aliphatic carbocycles. The van der Waals surface area contributed by atoms with Gasteiger partial charge in [0.2, 0.25) is 5.91 Å². The molecule has 2 aromatic rings. The normalized spacial score (nSPS) is 12.6. The lowest BCUT2D eigenvalue weighted by molar-refractivity contribution is -0.118. The molecule has 2 N–H and O–H groups in total. The number of fused-ring (bicyclic) bond motifs is 1. The minimum atomic E-state index is -0.513. The van der Waals surface area contributed by atoms with Crippen molar-refractivity contribution >= 4 is 39.2 Å². The third-order valence-corrected chi connectivity index (χ3v) is 4.38. The molecule has 0 aliphatic rings. The number of carbonyl (C=O) groups is 1. The summed E-state index contributed by atoms with van der Waals surface area (Å²) in [7, 11) is 0. The van der Waals surface area contributed by atoms with Crippen molar-refractivity contribution in [3.63, 3.8) is 0 Å². The van der Waals surface area contributed by atoms with E-state index < -0.39 is 6.10 Å². The number of para-hydroxylation sites is 1. The Kier molecular flexibility index (Phi) is 4.57. The molecule has 0 spiro atoms. The number of rotatable bonds is 5. The second kappa shape index (κ2) is 6.17. The molecule has 18 heavy (non-hydrogen) atoms. The van der Waals surface area contributed by atoms with E-state index in [9.17, 15) is 4.79 Å². The van der Waals surface area contributed by atoms with Gasteiger partial charge in [-0.05, 0) is 19.1 Å². The number of aliphatic hydroxyl groups excluding tert-OH is 1. The van der Waals surface area contributed by atoms with Crippen molar-refractivity contribution in [1.29, 1.82) is 0 Å². The maximum absolute atomic E-state index is 11.5. The van der Waals surface area contributed by atoms with Crippen LogP contribution in [0.5, 0.6) is 0 Å². The van der Waals surface area contributed by atoms with E-state index in [0.717, 1.165) is 14.6 Å². The monoisotopic (exact) mass is 282 g/mol. The van der Waals surface area contributed by atoms with E-state index in [1.807, 2.05) is 24.3 Å². The fourth-order valence-corrected chi connectivity index (χ4v) is 3.25. The van der Waals surface area contributed by atoms with Crippen molar-refractivity contribution in [2.75, 3.05) is 12.3 Å². The van der Waals surface area contributed by atoms with Crippen LogP contribution in [0.4, 0.5) is 0 Å². The topological polar surface area (TPSA) is 62.2 Å². The Labute approximate surface area is 113 Å². The number of nitrogens with zero attached hydrogens (tertiary/aromatic N) is 1. The average molecular weight is 282 g/mol. The molecular formula is C12H14N2O2S2. The summed E-state index contributed by atoms with van der Waals surface area (Å²) in [4.78, 5) is 15.9. The lowest BCUT2D eigenvalue weighted by Crippen LogP contribution is -2.31. The summed E-state index contributed by atoms with van der Waals surface area (Å²) in [6, 6.07) is 7.91. The Morgan fingerprint density at radius 3 is 3.06 bits per heavy atom. The van der Waals surface area contributed by atoms with Gasteiger partial charge in [0.25, 0.3) is 0 Å². The van der Waals surface area contributed by atoms with Crippen molar-refractivity contribution in [3.05, 3.63) is 24.3 Å². The minimum absolute atomic E-state index is 0.0832. The Morgan fingerprint density at radius 1 is 1.56 bits per heavy atom. The summed E-state index contributed by atoms with van der Waals surface area (Å²) in [6.07, 6.45) is -0.513. The summed E-state index contributed by atoms with van der Waals surface area (Å²) in [5, 5.41) is 11.7. The zero-order valence-electron chi connectivity index (χ0n) is 9.92. The van der Waals surface area contributed by atoms with Gasteiger partial charge in [-0.1, -0.05) is 23.9 Å². The van der Waals surface area contributed by atoms with Crippen LogP contribution in [0.25, 0.3) is 10.2 Å². The molecule has 1 amide bonds. The zero-order chi connectivity index (χ0) is 13.0. The molecule has 1 aromatic carbocycles. The van der Waals surface area contributed by atoms with E-state index in [2.05, 4.69) is 10.3 Å². The van der Waals surface area contributed by atoms with E-state index in [0.29, 0.717) is 12.3 Å². The number of aliphatic hydroxyl groups is 1. The predicted octanol–water partition coefficient (Wildman–Crippen LogP) is 1.89. The van der Waals surface area contributed by atoms with Crippen LogP contribution in [0, 0.1) is 0 Å². The van der Waals surface area contributed by atoms with Crippen molar-refractivity contribution in [1.82, 2.24) is 10.3 Å². The van der Waals surface area contributed by atoms with Gasteiger partial charge in [-0.15, -0.1) is 11.3 Å². The first-order chi connectivity index (χ1) is 8.65. The zero-order valence-corrected chi connectivity index (χ0v) is 11.6. The quantitative estimate of drug-likeness (QED) is 0.822. The largest absolute Gasteiger partial charge is 0.392 e. The first kappa shape index (κ1) is 13.3. The van der Waals surface area contributed by atoms with E-state index in [1.165, 1.54) is 11.8 Å². The number of aromatic nitrogens is 1. The standard InChI is InChI=1S/C12H14N2O2S2/c1-8(15)6-13-11(16)7-17-12-14-9-4-2-3-5-10(9)18-12/h2-5,8,15H,6-7H2,1H3,(H,13,16)/t8-/m0/s1. The van der Waals surface area contributed by atoms with E-state index >= 15 is 0 Å². The second-order valence-electron chi connectivity index (χ2n) is 3.89. The number of hydrogen-bond acceptors (Lipinski definition) is 5. The maximum atomic E-state index is 11.5. The van der Waals surface area contributed by atoms with Crippen LogP contribution in [-0.4, -0.2) is 34.4 Å². The highest BCUT2D eigenvalue weighted by atomic mass is 32.2. The van der Waals surface area contributed by atoms with Crippen LogP contribution in [0.3, 0.4) is 0 Å². The number of benzene rings is 1. The first-order valence-electron chi connectivity index (χ1n) is 5.58. The van der Waals surface area contributed by atoms with Crippen molar-refractivity contribution < 1.29 is 9.90 Å². The Bertz CT molecular complexity index is 507. The van der Waals surface area contributed by atoms with Gasteiger partial charge >= 0.3 is 0 Å². The molecule has 1 heterocycles. The number of nitrogens with one attached hydrogen (secondary N) is 1. The molecule has 4 nitrogen and oxygen atoms in total. The molecule has 0 bridgehead atoms. The molecule has 96 valence electrons. The van der Waals surface area contributed by atoms with Crippen LogP contribution in [0.1, 0.15) is 6.92 Å². The molecule has 6 heteroatoms. The fourth-order valence-electron chi connectivity index (χ4n) is 1.35. The Morgan fingerprint density at radius 2 is 2.33 bits per heavy atom. The highest BCUT2D eigenvalue weighted by molar-refractivity contribution is 8.01. The summed E-state index contributed by atoms with van der Waals surface area (Å²) in [6.45, 7) is 1.93. The van der Waals surface area contributed by atoms with Gasteiger partial charge in [-0.25, -0.2) is 4.98 Å². The highest BCUT2D eigenvalue weighted by Gasteiger charge is 2.07. The van der Waals surface area contributed by atoms with Gasteiger partial charge in [0.15, 0.2) is 4.34 Å². The molecule has 0 unspecified atom stereocenters. The van der Waals surface area contributed by atoms with Gasteiger partial charge in [0.05, 0.1) is 22.1 Å². The molecule has 0 fully saturated rings. The van der Waals surface area contributed by atoms with E-state index in [1.54, 1.807) is 18.3 Å². The lowest BCUT2D eigenvalue weighted by atomic mass is 10.3. The van der Waals surface area contributed by atoms with Crippen LogP contribution in [-0.2, 0) is 4.79 Å². The summed E-state index contributed by atoms with van der Waals surface area (Å²) in [5.74, 6) is 0.243. The average Bonchev–Trinajstić information content (AvgIpc) is 2.76. The number of hydrogen-bond donors (Lipinski definition) is 2. The Hall–Kier alpha value is -1.11. The predicted molar refractivity (Wildman–Crippen MR) is 75.0 cm³/mol. The van der Waals surface area contributed by atoms with Gasteiger partial charge < -0.3 is 10.4 Å². The summed E-state index contributed by atoms with van der Waals surface area (Å²) in [5.41, 5.74) is 0.967. The van der Waals surface area contributed by atoms with Crippen molar-refractivity contribution in [2.24, 2.45) is 0 Å². The smallest absolute Gasteiger partial charge is 0.230 e. The molecule has 0 radical (unpaired) electrons. The summed E-state index contributed by atoms with van der Waals surface area (Å²) < 4.78 is 2.02. The number of thioether (sulfide) groups is 1. The van der Waals surface area contributed by atoms with Crippen LogP contribution >= 0.6 is 23.1 Å². The minimum Gasteiger partial charge on any atom is -0.392 e. The molecule has 0 saturated carbocycles. The third kappa shape index (κ3) is 3.69.